The van der Waals surface area contributed by atoms with Crippen LogP contribution in [0.5, 0.6) is 0 Å². The second kappa shape index (κ2) is 4.05. The predicted octanol–water partition coefficient (Wildman–Crippen LogP) is 1.59. The molecule has 2 rings (SSSR count). The second-order valence-electron chi connectivity index (χ2n) is 3.43. The molecule has 0 aliphatic carbocycles. The highest BCUT2D eigenvalue weighted by atomic mass is 16.2. The molecule has 2 amide bonds. The van der Waals surface area contributed by atoms with Crippen LogP contribution in [0.15, 0.2) is 24.3 Å². The minimum atomic E-state index is -0.0459. The lowest BCUT2D eigenvalue weighted by molar-refractivity contribution is 0.243. The fraction of sp³-hybridized carbons (Fsp3) is 0.250. The van der Waals surface area contributed by atoms with E-state index in [1.165, 1.54) is 0 Å². The van der Waals surface area contributed by atoms with E-state index in [9.17, 15) is 4.79 Å². The number of terminal acetylenes is 1. The van der Waals surface area contributed by atoms with E-state index >= 15 is 0 Å². The molecular formula is C12H12N2O. The molecule has 1 aliphatic heterocycles. The normalized spacial score (nSPS) is 15.7. The molecule has 1 heterocycles. The van der Waals surface area contributed by atoms with Crippen LogP contribution in [0.3, 0.4) is 0 Å². The van der Waals surface area contributed by atoms with Crippen molar-refractivity contribution < 1.29 is 4.79 Å². The first-order valence-electron chi connectivity index (χ1n) is 4.93. The van der Waals surface area contributed by atoms with Crippen LogP contribution in [-0.4, -0.2) is 19.1 Å². The lowest BCUT2D eigenvalue weighted by Crippen LogP contribution is -2.46. The summed E-state index contributed by atoms with van der Waals surface area (Å²) in [5, 5.41) is 2.80. The lowest BCUT2D eigenvalue weighted by Gasteiger charge is -2.27. The van der Waals surface area contributed by atoms with Gasteiger partial charge in [0.1, 0.15) is 0 Å². The lowest BCUT2D eigenvalue weighted by atomic mass is 10.2. The number of nitrogens with one attached hydrogen (secondary N) is 1. The summed E-state index contributed by atoms with van der Waals surface area (Å²) in [6.45, 7) is 1.50. The topological polar surface area (TPSA) is 32.3 Å². The third kappa shape index (κ3) is 1.94. The van der Waals surface area contributed by atoms with Crippen molar-refractivity contribution in [3.8, 4) is 12.3 Å². The number of carbonyl (C=O) groups excluding carboxylic acids is 1. The average Bonchev–Trinajstić information content (AvgIpc) is 2.30. The van der Waals surface area contributed by atoms with Gasteiger partial charge >= 0.3 is 6.03 Å². The Balaban J connectivity index is 2.28. The van der Waals surface area contributed by atoms with Crippen LogP contribution in [0, 0.1) is 12.3 Å². The van der Waals surface area contributed by atoms with Crippen LogP contribution in [0.1, 0.15) is 12.0 Å². The van der Waals surface area contributed by atoms with Crippen LogP contribution in [0.25, 0.3) is 0 Å². The maximum Gasteiger partial charge on any atom is 0.321 e. The van der Waals surface area contributed by atoms with Gasteiger partial charge in [0.2, 0.25) is 0 Å². The molecule has 1 aromatic rings. The fourth-order valence-corrected chi connectivity index (χ4v) is 1.64. The van der Waals surface area contributed by atoms with Crippen LogP contribution in [0.2, 0.25) is 0 Å². The molecule has 0 atom stereocenters. The number of hydrogen-bond donors (Lipinski definition) is 1. The summed E-state index contributed by atoms with van der Waals surface area (Å²) in [6.07, 6.45) is 6.28. The van der Waals surface area contributed by atoms with Gasteiger partial charge < -0.3 is 5.32 Å². The Kier molecular flexibility index (Phi) is 2.59. The van der Waals surface area contributed by atoms with Gasteiger partial charge in [0.05, 0.1) is 0 Å². The molecule has 0 saturated carbocycles. The molecule has 1 N–H and O–H groups in total. The number of benzene rings is 1. The molecule has 3 heteroatoms. The number of amides is 2. The van der Waals surface area contributed by atoms with Gasteiger partial charge in [0, 0.05) is 24.3 Å². The Morgan fingerprint density at radius 2 is 2.33 bits per heavy atom. The number of nitrogens with zero attached hydrogens (tertiary/aromatic N) is 1. The molecule has 1 aromatic carbocycles. The van der Waals surface area contributed by atoms with Crippen molar-refractivity contribution in [3.05, 3.63) is 29.8 Å². The molecule has 1 fully saturated rings. The Hall–Kier alpha value is -1.95. The molecule has 15 heavy (non-hydrogen) atoms. The minimum Gasteiger partial charge on any atom is -0.338 e. The van der Waals surface area contributed by atoms with E-state index in [-0.39, 0.29) is 6.03 Å². The van der Waals surface area contributed by atoms with Crippen molar-refractivity contribution in [2.24, 2.45) is 0 Å². The fourth-order valence-electron chi connectivity index (χ4n) is 1.64. The van der Waals surface area contributed by atoms with Crippen molar-refractivity contribution in [2.45, 2.75) is 6.42 Å². The molecule has 3 nitrogen and oxygen atoms in total. The standard InChI is InChI=1S/C12H12N2O/c1-2-10-5-3-6-11(9-10)14-8-4-7-13-12(14)15/h1,3,5-6,9H,4,7-8H2,(H,13,15). The van der Waals surface area contributed by atoms with Crippen molar-refractivity contribution in [2.75, 3.05) is 18.0 Å². The third-order valence-electron chi connectivity index (χ3n) is 2.40. The number of rotatable bonds is 1. The van der Waals surface area contributed by atoms with Crippen LogP contribution in [-0.2, 0) is 0 Å². The predicted molar refractivity (Wildman–Crippen MR) is 59.7 cm³/mol. The van der Waals surface area contributed by atoms with E-state index < -0.39 is 0 Å². The second-order valence-corrected chi connectivity index (χ2v) is 3.43. The van der Waals surface area contributed by atoms with Crippen molar-refractivity contribution in [1.82, 2.24) is 5.32 Å². The molecule has 0 aromatic heterocycles. The van der Waals surface area contributed by atoms with Crippen LogP contribution in [0.4, 0.5) is 10.5 Å². The summed E-state index contributed by atoms with van der Waals surface area (Å²) in [4.78, 5) is 13.3. The van der Waals surface area contributed by atoms with E-state index in [1.54, 1.807) is 4.90 Å². The van der Waals surface area contributed by atoms with E-state index in [4.69, 9.17) is 6.42 Å². The first-order chi connectivity index (χ1) is 7.31. The van der Waals surface area contributed by atoms with Crippen molar-refractivity contribution in [1.29, 1.82) is 0 Å². The Morgan fingerprint density at radius 1 is 1.47 bits per heavy atom. The zero-order chi connectivity index (χ0) is 10.7. The number of urea groups is 1. The van der Waals surface area contributed by atoms with Crippen molar-refractivity contribution in [3.63, 3.8) is 0 Å². The van der Waals surface area contributed by atoms with E-state index in [2.05, 4.69) is 11.2 Å². The van der Waals surface area contributed by atoms with Gasteiger partial charge in [-0.2, -0.15) is 0 Å². The smallest absolute Gasteiger partial charge is 0.321 e. The number of anilines is 1. The molecular weight excluding hydrogens is 188 g/mol. The van der Waals surface area contributed by atoms with Crippen LogP contribution >= 0.6 is 0 Å². The van der Waals surface area contributed by atoms with Gasteiger partial charge in [-0.25, -0.2) is 4.79 Å². The molecule has 1 saturated heterocycles. The summed E-state index contributed by atoms with van der Waals surface area (Å²) in [7, 11) is 0. The summed E-state index contributed by atoms with van der Waals surface area (Å²) < 4.78 is 0. The monoisotopic (exact) mass is 200 g/mol. The quantitative estimate of drug-likeness (QED) is 0.686. The molecule has 76 valence electrons. The summed E-state index contributed by atoms with van der Waals surface area (Å²) in [5.74, 6) is 2.56. The molecule has 0 spiro atoms. The first kappa shape index (κ1) is 9.60. The Morgan fingerprint density at radius 3 is 3.07 bits per heavy atom. The van der Waals surface area contributed by atoms with E-state index in [1.807, 2.05) is 24.3 Å². The maximum atomic E-state index is 11.6. The Labute approximate surface area is 89.1 Å². The summed E-state index contributed by atoms with van der Waals surface area (Å²) in [5.41, 5.74) is 1.66. The molecule has 0 radical (unpaired) electrons. The zero-order valence-electron chi connectivity index (χ0n) is 8.36. The maximum absolute atomic E-state index is 11.6. The number of hydrogen-bond acceptors (Lipinski definition) is 1. The first-order valence-corrected chi connectivity index (χ1v) is 4.93. The highest BCUT2D eigenvalue weighted by Crippen LogP contribution is 2.17. The van der Waals surface area contributed by atoms with Gasteiger partial charge in [-0.15, -0.1) is 6.42 Å². The third-order valence-corrected chi connectivity index (χ3v) is 2.40. The molecule has 0 unspecified atom stereocenters. The molecule has 0 bridgehead atoms. The molecule has 1 aliphatic rings. The van der Waals surface area contributed by atoms with E-state index in [0.29, 0.717) is 0 Å². The largest absolute Gasteiger partial charge is 0.338 e. The van der Waals surface area contributed by atoms with Gasteiger partial charge in [-0.3, -0.25) is 4.90 Å². The summed E-state index contributed by atoms with van der Waals surface area (Å²) in [6, 6.07) is 7.42. The zero-order valence-corrected chi connectivity index (χ0v) is 8.36. The number of carbonyl (C=O) groups is 1. The average molecular weight is 200 g/mol. The van der Waals surface area contributed by atoms with Crippen LogP contribution < -0.4 is 10.2 Å². The summed E-state index contributed by atoms with van der Waals surface area (Å²) >= 11 is 0. The van der Waals surface area contributed by atoms with Gasteiger partial charge in [-0.1, -0.05) is 12.0 Å². The van der Waals surface area contributed by atoms with E-state index in [0.717, 1.165) is 30.8 Å². The highest BCUT2D eigenvalue weighted by Gasteiger charge is 2.18. The minimum absolute atomic E-state index is 0.0459. The Bertz CT molecular complexity index is 420. The van der Waals surface area contributed by atoms with Crippen molar-refractivity contribution >= 4 is 11.7 Å². The van der Waals surface area contributed by atoms with Gasteiger partial charge in [0.15, 0.2) is 0 Å². The SMILES string of the molecule is C#Cc1cccc(N2CCCNC2=O)c1. The highest BCUT2D eigenvalue weighted by molar-refractivity contribution is 5.92. The van der Waals surface area contributed by atoms with Gasteiger partial charge in [0.25, 0.3) is 0 Å². The van der Waals surface area contributed by atoms with Gasteiger partial charge in [-0.05, 0) is 24.6 Å².